The van der Waals surface area contributed by atoms with Gasteiger partial charge in [0.25, 0.3) is 0 Å². The molecule has 0 bridgehead atoms. The highest BCUT2D eigenvalue weighted by Crippen LogP contribution is 2.38. The van der Waals surface area contributed by atoms with Crippen LogP contribution in [-0.2, 0) is 4.74 Å². The molecule has 0 saturated carbocycles. The van der Waals surface area contributed by atoms with Gasteiger partial charge in [0.2, 0.25) is 0 Å². The van der Waals surface area contributed by atoms with E-state index in [9.17, 15) is 4.79 Å². The fourth-order valence-corrected chi connectivity index (χ4v) is 3.78. The van der Waals surface area contributed by atoms with Crippen LogP contribution < -0.4 is 0 Å². The zero-order chi connectivity index (χ0) is 13.4. The van der Waals surface area contributed by atoms with E-state index in [1.165, 1.54) is 0 Å². The van der Waals surface area contributed by atoms with E-state index in [1.807, 2.05) is 26.2 Å². The Kier molecular flexibility index (Phi) is 4.33. The maximum absolute atomic E-state index is 11.9. The van der Waals surface area contributed by atoms with Gasteiger partial charge in [0.15, 0.2) is 0 Å². The predicted octanol–water partition coefficient (Wildman–Crippen LogP) is 3.61. The second-order valence-electron chi connectivity index (χ2n) is 4.79. The molecule has 0 aliphatic carbocycles. The van der Waals surface area contributed by atoms with Crippen molar-refractivity contribution in [1.29, 1.82) is 0 Å². The van der Waals surface area contributed by atoms with Gasteiger partial charge in [-0.25, -0.2) is 4.79 Å². The normalized spacial score (nSPS) is 19.9. The molecular formula is C13H15BrINO2. The first-order valence-corrected chi connectivity index (χ1v) is 7.63. The Labute approximate surface area is 129 Å². The number of carbonyl (C=O) groups is 1. The summed E-state index contributed by atoms with van der Waals surface area (Å²) in [4.78, 5) is 14.0. The lowest BCUT2D eigenvalue weighted by Crippen LogP contribution is -2.26. The highest BCUT2D eigenvalue weighted by molar-refractivity contribution is 14.1. The van der Waals surface area contributed by atoms with E-state index in [-0.39, 0.29) is 12.1 Å². The highest BCUT2D eigenvalue weighted by atomic mass is 127. The number of halogens is 2. The van der Waals surface area contributed by atoms with Crippen LogP contribution in [0, 0.1) is 3.57 Å². The molecule has 1 aliphatic rings. The van der Waals surface area contributed by atoms with Crippen molar-refractivity contribution in [3.8, 4) is 0 Å². The van der Waals surface area contributed by atoms with Crippen molar-refractivity contribution >= 4 is 44.5 Å². The first kappa shape index (κ1) is 14.3. The molecular weight excluding hydrogens is 409 g/mol. The minimum Gasteiger partial charge on any atom is -0.454 e. The van der Waals surface area contributed by atoms with E-state index < -0.39 is 0 Å². The number of rotatable bonds is 3. The number of carbonyl (C=O) groups excluding carboxylic acids is 1. The van der Waals surface area contributed by atoms with E-state index >= 15 is 0 Å². The lowest BCUT2D eigenvalue weighted by Gasteiger charge is -2.22. The van der Waals surface area contributed by atoms with Gasteiger partial charge in [-0.05, 0) is 55.7 Å². The zero-order valence-corrected chi connectivity index (χ0v) is 14.3. The molecule has 1 aromatic rings. The van der Waals surface area contributed by atoms with Gasteiger partial charge in [-0.15, -0.1) is 0 Å². The molecule has 0 saturated heterocycles. The molecule has 0 amide bonds. The van der Waals surface area contributed by atoms with E-state index in [1.54, 1.807) is 0 Å². The highest BCUT2D eigenvalue weighted by Gasteiger charge is 2.34. The van der Waals surface area contributed by atoms with Crippen LogP contribution in [0.2, 0.25) is 0 Å². The van der Waals surface area contributed by atoms with Crippen LogP contribution >= 0.6 is 38.5 Å². The van der Waals surface area contributed by atoms with Crippen molar-refractivity contribution in [2.24, 2.45) is 0 Å². The van der Waals surface area contributed by atoms with Crippen LogP contribution in [0.3, 0.4) is 0 Å². The number of hydrogen-bond acceptors (Lipinski definition) is 3. The third-order valence-corrected chi connectivity index (χ3v) is 4.63. The Hall–Kier alpha value is -0.140. The summed E-state index contributed by atoms with van der Waals surface area (Å²) in [6.45, 7) is 2.13. The van der Waals surface area contributed by atoms with Crippen LogP contribution in [0.25, 0.3) is 0 Å². The first-order valence-electron chi connectivity index (χ1n) is 5.76. The fourth-order valence-electron chi connectivity index (χ4n) is 2.01. The Bertz CT molecular complexity index is 490. The quantitative estimate of drug-likeness (QED) is 0.549. The molecule has 98 valence electrons. The molecule has 0 fully saturated rings. The standard InChI is InChI=1S/C13H15BrINO2/c1-7(16(2)3)4-11-9-5-8(14)6-10(15)12(9)13(17)18-11/h5-7,11H,4H2,1-3H3. The number of esters is 1. The van der Waals surface area contributed by atoms with Gasteiger partial charge in [-0.1, -0.05) is 15.9 Å². The lowest BCUT2D eigenvalue weighted by atomic mass is 10.00. The zero-order valence-electron chi connectivity index (χ0n) is 10.5. The maximum Gasteiger partial charge on any atom is 0.340 e. The second-order valence-corrected chi connectivity index (χ2v) is 6.87. The van der Waals surface area contributed by atoms with Gasteiger partial charge in [0.05, 0.1) is 5.56 Å². The number of cyclic esters (lactones) is 1. The van der Waals surface area contributed by atoms with Gasteiger partial charge < -0.3 is 9.64 Å². The van der Waals surface area contributed by atoms with E-state index in [2.05, 4.69) is 50.3 Å². The van der Waals surface area contributed by atoms with E-state index in [0.29, 0.717) is 6.04 Å². The van der Waals surface area contributed by atoms with Crippen LogP contribution in [0.1, 0.15) is 35.4 Å². The second kappa shape index (κ2) is 5.46. The molecule has 18 heavy (non-hydrogen) atoms. The van der Waals surface area contributed by atoms with Crippen molar-refractivity contribution in [1.82, 2.24) is 4.90 Å². The summed E-state index contributed by atoms with van der Waals surface area (Å²) in [5.41, 5.74) is 1.74. The smallest absolute Gasteiger partial charge is 0.340 e. The summed E-state index contributed by atoms with van der Waals surface area (Å²) in [5.74, 6) is -0.196. The van der Waals surface area contributed by atoms with Gasteiger partial charge in [0.1, 0.15) is 6.10 Å². The number of nitrogens with zero attached hydrogens (tertiary/aromatic N) is 1. The van der Waals surface area contributed by atoms with Crippen LogP contribution in [0.5, 0.6) is 0 Å². The summed E-state index contributed by atoms with van der Waals surface area (Å²) in [7, 11) is 4.07. The van der Waals surface area contributed by atoms with Gasteiger partial charge in [-0.3, -0.25) is 0 Å². The van der Waals surface area contributed by atoms with Crippen LogP contribution in [0.4, 0.5) is 0 Å². The molecule has 0 radical (unpaired) electrons. The summed E-state index contributed by atoms with van der Waals surface area (Å²) in [6, 6.07) is 4.30. The van der Waals surface area contributed by atoms with E-state index in [4.69, 9.17) is 4.74 Å². The number of benzene rings is 1. The Balaban J connectivity index is 2.32. The van der Waals surface area contributed by atoms with Gasteiger partial charge in [0, 0.05) is 26.1 Å². The predicted molar refractivity (Wildman–Crippen MR) is 82.8 cm³/mol. The van der Waals surface area contributed by atoms with Crippen LogP contribution in [-0.4, -0.2) is 31.0 Å². The molecule has 1 aliphatic heterocycles. The molecule has 1 aromatic carbocycles. The molecule has 2 atom stereocenters. The number of fused-ring (bicyclic) bond motifs is 1. The largest absolute Gasteiger partial charge is 0.454 e. The van der Waals surface area contributed by atoms with Crippen molar-refractivity contribution in [3.63, 3.8) is 0 Å². The molecule has 2 rings (SSSR count). The number of ether oxygens (including phenoxy) is 1. The molecule has 1 heterocycles. The fraction of sp³-hybridized carbons (Fsp3) is 0.462. The first-order chi connectivity index (χ1) is 8.40. The molecule has 3 nitrogen and oxygen atoms in total. The minimum absolute atomic E-state index is 0.129. The third-order valence-electron chi connectivity index (χ3n) is 3.32. The monoisotopic (exact) mass is 423 g/mol. The van der Waals surface area contributed by atoms with Crippen molar-refractivity contribution in [2.45, 2.75) is 25.5 Å². The van der Waals surface area contributed by atoms with Crippen molar-refractivity contribution in [2.75, 3.05) is 14.1 Å². The van der Waals surface area contributed by atoms with E-state index in [0.717, 1.165) is 25.6 Å². The van der Waals surface area contributed by atoms with Crippen LogP contribution in [0.15, 0.2) is 16.6 Å². The molecule has 0 N–H and O–H groups in total. The lowest BCUT2D eigenvalue weighted by molar-refractivity contribution is 0.0320. The van der Waals surface area contributed by atoms with Crippen molar-refractivity contribution in [3.05, 3.63) is 31.3 Å². The Morgan fingerprint density at radius 3 is 2.78 bits per heavy atom. The maximum atomic E-state index is 11.9. The third kappa shape index (κ3) is 2.72. The summed E-state index contributed by atoms with van der Waals surface area (Å²) in [6.07, 6.45) is 0.689. The molecule has 5 heteroatoms. The Morgan fingerprint density at radius 1 is 1.50 bits per heavy atom. The average molecular weight is 424 g/mol. The van der Waals surface area contributed by atoms with Gasteiger partial charge >= 0.3 is 5.97 Å². The van der Waals surface area contributed by atoms with Crippen molar-refractivity contribution < 1.29 is 9.53 Å². The topological polar surface area (TPSA) is 29.5 Å². The minimum atomic E-state index is -0.196. The summed E-state index contributed by atoms with van der Waals surface area (Å²) < 4.78 is 7.44. The van der Waals surface area contributed by atoms with Gasteiger partial charge in [-0.2, -0.15) is 0 Å². The Morgan fingerprint density at radius 2 is 2.17 bits per heavy atom. The molecule has 2 unspecified atom stereocenters. The number of hydrogen-bond donors (Lipinski definition) is 0. The molecule has 0 aromatic heterocycles. The average Bonchev–Trinajstić information content (AvgIpc) is 2.55. The summed E-state index contributed by atoms with van der Waals surface area (Å²) >= 11 is 5.66. The summed E-state index contributed by atoms with van der Waals surface area (Å²) in [5, 5.41) is 0. The SMILES string of the molecule is CC(CC1OC(=O)c2c(I)cc(Br)cc21)N(C)C. The molecule has 0 spiro atoms.